The smallest absolute Gasteiger partial charge is 0.317 e. The van der Waals surface area contributed by atoms with Crippen molar-refractivity contribution in [3.63, 3.8) is 0 Å². The molecular weight excluding hydrogens is 290 g/mol. The maximum Gasteiger partial charge on any atom is 0.317 e. The Morgan fingerprint density at radius 2 is 1.87 bits per heavy atom. The number of aromatic nitrogens is 3. The molecule has 23 heavy (non-hydrogen) atoms. The van der Waals surface area contributed by atoms with Gasteiger partial charge in [-0.2, -0.15) is 0 Å². The van der Waals surface area contributed by atoms with E-state index >= 15 is 0 Å². The van der Waals surface area contributed by atoms with Crippen LogP contribution in [-0.2, 0) is 0 Å². The molecule has 2 amide bonds. The Morgan fingerprint density at radius 3 is 2.61 bits per heavy atom. The summed E-state index contributed by atoms with van der Waals surface area (Å²) in [6.07, 6.45) is 6.66. The van der Waals surface area contributed by atoms with Crippen molar-refractivity contribution in [3.8, 4) is 11.3 Å². The van der Waals surface area contributed by atoms with Gasteiger partial charge in [-0.25, -0.2) is 9.48 Å². The molecule has 1 N–H and O–H groups in total. The summed E-state index contributed by atoms with van der Waals surface area (Å²) >= 11 is 0. The normalized spacial score (nSPS) is 18.9. The average molecular weight is 311 g/mol. The van der Waals surface area contributed by atoms with Crippen LogP contribution < -0.4 is 5.32 Å². The van der Waals surface area contributed by atoms with Crippen LogP contribution in [0.5, 0.6) is 0 Å². The highest BCUT2D eigenvalue weighted by Gasteiger charge is 2.34. The minimum absolute atomic E-state index is 0.0662. The summed E-state index contributed by atoms with van der Waals surface area (Å²) in [6, 6.07) is 10.7. The molecule has 1 aromatic heterocycles. The van der Waals surface area contributed by atoms with E-state index in [2.05, 4.69) is 15.6 Å². The molecule has 0 spiro atoms. The fraction of sp³-hybridized carbons (Fsp3) is 0.471. The van der Waals surface area contributed by atoms with Gasteiger partial charge in [-0.1, -0.05) is 48.4 Å². The second-order valence-corrected chi connectivity index (χ2v) is 6.44. The lowest BCUT2D eigenvalue weighted by Crippen LogP contribution is -2.55. The lowest BCUT2D eigenvalue weighted by molar-refractivity contribution is 0.115. The maximum absolute atomic E-state index is 12.2. The van der Waals surface area contributed by atoms with Gasteiger partial charge in [0.1, 0.15) is 5.69 Å². The number of rotatable bonds is 3. The molecule has 0 radical (unpaired) electrons. The number of benzene rings is 1. The van der Waals surface area contributed by atoms with Crippen molar-refractivity contribution in [2.24, 2.45) is 0 Å². The molecule has 1 aliphatic heterocycles. The fourth-order valence-electron chi connectivity index (χ4n) is 3.32. The molecule has 0 atom stereocenters. The monoisotopic (exact) mass is 311 g/mol. The number of likely N-dealkylation sites (tertiary alicyclic amines) is 1. The average Bonchev–Trinajstić information content (AvgIpc) is 3.18. The molecule has 1 saturated carbocycles. The van der Waals surface area contributed by atoms with E-state index in [1.165, 1.54) is 12.8 Å². The first-order chi connectivity index (χ1) is 11.3. The van der Waals surface area contributed by atoms with E-state index in [4.69, 9.17) is 0 Å². The number of hydrogen-bond donors (Lipinski definition) is 1. The van der Waals surface area contributed by atoms with Crippen LogP contribution in [0, 0.1) is 0 Å². The van der Waals surface area contributed by atoms with Crippen LogP contribution in [0.4, 0.5) is 4.79 Å². The van der Waals surface area contributed by atoms with Crippen LogP contribution in [0.3, 0.4) is 0 Å². The number of nitrogens with one attached hydrogen (secondary N) is 1. The molecule has 2 aromatic rings. The summed E-state index contributed by atoms with van der Waals surface area (Å²) in [5, 5.41) is 11.6. The van der Waals surface area contributed by atoms with E-state index in [1.54, 1.807) is 0 Å². The van der Waals surface area contributed by atoms with Crippen molar-refractivity contribution in [1.82, 2.24) is 25.2 Å². The van der Waals surface area contributed by atoms with Gasteiger partial charge >= 0.3 is 6.03 Å². The second-order valence-electron chi connectivity index (χ2n) is 6.44. The Morgan fingerprint density at radius 1 is 1.13 bits per heavy atom. The lowest BCUT2D eigenvalue weighted by atomic mass is 10.1. The number of hydrogen-bond acceptors (Lipinski definition) is 3. The van der Waals surface area contributed by atoms with Gasteiger partial charge in [-0.3, -0.25) is 0 Å². The highest BCUT2D eigenvalue weighted by molar-refractivity contribution is 5.75. The molecule has 4 rings (SSSR count). The molecule has 2 heterocycles. The van der Waals surface area contributed by atoms with Gasteiger partial charge in [0.2, 0.25) is 0 Å². The minimum atomic E-state index is 0.0662. The van der Waals surface area contributed by atoms with Crippen LogP contribution in [0.2, 0.25) is 0 Å². The fourth-order valence-corrected chi connectivity index (χ4v) is 3.32. The van der Waals surface area contributed by atoms with Crippen molar-refractivity contribution in [2.75, 3.05) is 13.1 Å². The number of carbonyl (C=O) groups is 1. The first kappa shape index (κ1) is 14.2. The van der Waals surface area contributed by atoms with E-state index in [0.717, 1.165) is 24.1 Å². The van der Waals surface area contributed by atoms with Gasteiger partial charge in [0, 0.05) is 24.7 Å². The minimum Gasteiger partial charge on any atom is -0.335 e. The highest BCUT2D eigenvalue weighted by atomic mass is 16.2. The van der Waals surface area contributed by atoms with Crippen molar-refractivity contribution >= 4 is 6.03 Å². The summed E-state index contributed by atoms with van der Waals surface area (Å²) in [6.45, 7) is 1.41. The SMILES string of the molecule is O=C(NC1CCCC1)N1CC(n2cc(-c3ccccc3)nn2)C1. The molecule has 1 aromatic carbocycles. The molecule has 0 unspecified atom stereocenters. The van der Waals surface area contributed by atoms with E-state index in [-0.39, 0.29) is 12.1 Å². The predicted octanol–water partition coefficient (Wildman–Crippen LogP) is 2.45. The molecule has 6 heteroatoms. The Kier molecular flexibility index (Phi) is 3.73. The zero-order valence-electron chi connectivity index (χ0n) is 13.1. The molecule has 120 valence electrons. The van der Waals surface area contributed by atoms with Crippen LogP contribution in [-0.4, -0.2) is 45.1 Å². The molecular formula is C17H21N5O. The zero-order valence-corrected chi connectivity index (χ0v) is 13.1. The number of urea groups is 1. The summed E-state index contributed by atoms with van der Waals surface area (Å²) in [5.41, 5.74) is 1.94. The van der Waals surface area contributed by atoms with Gasteiger partial charge < -0.3 is 10.2 Å². The number of nitrogens with zero attached hydrogens (tertiary/aromatic N) is 4. The third kappa shape index (κ3) is 2.93. The largest absolute Gasteiger partial charge is 0.335 e. The zero-order chi connectivity index (χ0) is 15.6. The lowest BCUT2D eigenvalue weighted by Gasteiger charge is -2.39. The maximum atomic E-state index is 12.2. The third-order valence-electron chi connectivity index (χ3n) is 4.79. The standard InChI is InChI=1S/C17H21N5O/c23-17(18-14-8-4-5-9-14)21-10-15(11-21)22-12-16(19-20-22)13-6-2-1-3-7-13/h1-3,6-7,12,14-15H,4-5,8-11H2,(H,18,23). The van der Waals surface area contributed by atoms with E-state index < -0.39 is 0 Å². The molecule has 2 aliphatic rings. The van der Waals surface area contributed by atoms with Crippen molar-refractivity contribution in [2.45, 2.75) is 37.8 Å². The van der Waals surface area contributed by atoms with E-state index in [9.17, 15) is 4.79 Å². The molecule has 1 saturated heterocycles. The van der Waals surface area contributed by atoms with Crippen molar-refractivity contribution in [1.29, 1.82) is 0 Å². The molecule has 6 nitrogen and oxygen atoms in total. The first-order valence-corrected chi connectivity index (χ1v) is 8.32. The summed E-state index contributed by atoms with van der Waals surface area (Å²) in [4.78, 5) is 14.0. The van der Waals surface area contributed by atoms with Gasteiger partial charge in [-0.05, 0) is 12.8 Å². The van der Waals surface area contributed by atoms with Crippen LogP contribution in [0.15, 0.2) is 36.5 Å². The van der Waals surface area contributed by atoms with Crippen LogP contribution >= 0.6 is 0 Å². The Labute approximate surface area is 135 Å². The Hall–Kier alpha value is -2.37. The highest BCUT2D eigenvalue weighted by Crippen LogP contribution is 2.24. The molecule has 1 aliphatic carbocycles. The van der Waals surface area contributed by atoms with Gasteiger partial charge in [0.05, 0.1) is 12.2 Å². The third-order valence-corrected chi connectivity index (χ3v) is 4.79. The molecule has 2 fully saturated rings. The van der Waals surface area contributed by atoms with Crippen molar-refractivity contribution < 1.29 is 4.79 Å². The quantitative estimate of drug-likeness (QED) is 0.947. The Balaban J connectivity index is 1.33. The van der Waals surface area contributed by atoms with Gasteiger partial charge in [-0.15, -0.1) is 5.10 Å². The topological polar surface area (TPSA) is 63.1 Å². The molecule has 0 bridgehead atoms. The van der Waals surface area contributed by atoms with Gasteiger partial charge in [0.25, 0.3) is 0 Å². The van der Waals surface area contributed by atoms with E-state index in [0.29, 0.717) is 19.1 Å². The summed E-state index contributed by atoms with van der Waals surface area (Å²) < 4.78 is 1.88. The first-order valence-electron chi connectivity index (χ1n) is 8.32. The summed E-state index contributed by atoms with van der Waals surface area (Å²) in [7, 11) is 0. The van der Waals surface area contributed by atoms with E-state index in [1.807, 2.05) is 46.1 Å². The van der Waals surface area contributed by atoms with Crippen LogP contribution in [0.1, 0.15) is 31.7 Å². The van der Waals surface area contributed by atoms with Crippen molar-refractivity contribution in [3.05, 3.63) is 36.5 Å². The predicted molar refractivity (Wildman–Crippen MR) is 86.9 cm³/mol. The number of amides is 2. The Bertz CT molecular complexity index is 671. The number of carbonyl (C=O) groups excluding carboxylic acids is 1. The van der Waals surface area contributed by atoms with Crippen LogP contribution in [0.25, 0.3) is 11.3 Å². The second kappa shape index (κ2) is 6.02. The summed E-state index contributed by atoms with van der Waals surface area (Å²) in [5.74, 6) is 0. The van der Waals surface area contributed by atoms with Gasteiger partial charge in [0.15, 0.2) is 0 Å².